The summed E-state index contributed by atoms with van der Waals surface area (Å²) in [5.41, 5.74) is 12.6. The molecule has 0 unspecified atom stereocenters. The number of nitrogens with one attached hydrogen (secondary N) is 2. The summed E-state index contributed by atoms with van der Waals surface area (Å²) in [4.78, 5) is 30.7. The van der Waals surface area contributed by atoms with Crippen LogP contribution in [0.3, 0.4) is 0 Å². The van der Waals surface area contributed by atoms with Gasteiger partial charge in [-0.2, -0.15) is 0 Å². The Morgan fingerprint density at radius 3 is 2.50 bits per heavy atom. The highest BCUT2D eigenvalue weighted by molar-refractivity contribution is 6.09. The van der Waals surface area contributed by atoms with Gasteiger partial charge < -0.3 is 25.5 Å². The van der Waals surface area contributed by atoms with Gasteiger partial charge in [0, 0.05) is 47.4 Å². The van der Waals surface area contributed by atoms with Gasteiger partial charge in [-0.25, -0.2) is 0 Å². The lowest BCUT2D eigenvalue weighted by molar-refractivity contribution is 0.0952. The van der Waals surface area contributed by atoms with Crippen LogP contribution in [0, 0.1) is 13.8 Å². The van der Waals surface area contributed by atoms with Gasteiger partial charge in [0.1, 0.15) is 5.82 Å². The third kappa shape index (κ3) is 5.06. The lowest BCUT2D eigenvalue weighted by Crippen LogP contribution is -2.28. The molecule has 2 aromatic carbocycles. The van der Waals surface area contributed by atoms with Gasteiger partial charge in [0.05, 0.1) is 0 Å². The van der Waals surface area contributed by atoms with Crippen molar-refractivity contribution in [3.8, 4) is 11.1 Å². The minimum absolute atomic E-state index is 0.119. The Kier molecular flexibility index (Phi) is 7.04. The van der Waals surface area contributed by atoms with E-state index in [4.69, 9.17) is 5.73 Å². The monoisotopic (exact) mass is 485 g/mol. The molecule has 0 atom stereocenters. The molecule has 188 valence electrons. The second-order valence-corrected chi connectivity index (χ2v) is 10.1. The number of anilines is 1. The van der Waals surface area contributed by atoms with E-state index in [0.717, 1.165) is 39.7 Å². The van der Waals surface area contributed by atoms with Gasteiger partial charge in [-0.05, 0) is 93.9 Å². The first-order chi connectivity index (χ1) is 17.0. The highest BCUT2D eigenvalue weighted by Gasteiger charge is 2.19. The molecule has 36 heavy (non-hydrogen) atoms. The van der Waals surface area contributed by atoms with E-state index in [1.807, 2.05) is 34.0 Å². The van der Waals surface area contributed by atoms with Gasteiger partial charge in [0.25, 0.3) is 11.5 Å². The molecule has 0 saturated carbocycles. The molecule has 7 nitrogen and oxygen atoms in total. The summed E-state index contributed by atoms with van der Waals surface area (Å²) in [6.07, 6.45) is 2.10. The number of nitrogen functional groups attached to an aromatic ring is 1. The number of carbonyl (C=O) groups is 1. The molecule has 0 aliphatic heterocycles. The minimum Gasteiger partial charge on any atom is -0.385 e. The Labute approximate surface area is 211 Å². The Morgan fingerprint density at radius 1 is 1.08 bits per heavy atom. The van der Waals surface area contributed by atoms with Crippen LogP contribution in [0.1, 0.15) is 52.5 Å². The van der Waals surface area contributed by atoms with Crippen molar-refractivity contribution >= 4 is 22.6 Å². The average Bonchev–Trinajstić information content (AvgIpc) is 3.14. The number of hydrogen-bond donors (Lipinski definition) is 3. The summed E-state index contributed by atoms with van der Waals surface area (Å²) in [6, 6.07) is 14.5. The fourth-order valence-electron chi connectivity index (χ4n) is 4.80. The number of rotatable bonds is 7. The first-order valence-electron chi connectivity index (χ1n) is 12.2. The second-order valence-electron chi connectivity index (χ2n) is 10.1. The summed E-state index contributed by atoms with van der Waals surface area (Å²) in [7, 11) is 4.10. The van der Waals surface area contributed by atoms with Gasteiger partial charge in [-0.1, -0.05) is 18.2 Å². The zero-order chi connectivity index (χ0) is 26.1. The van der Waals surface area contributed by atoms with Crippen LogP contribution in [-0.4, -0.2) is 34.5 Å². The Morgan fingerprint density at radius 2 is 1.83 bits per heavy atom. The predicted octanol–water partition coefficient (Wildman–Crippen LogP) is 4.77. The van der Waals surface area contributed by atoms with Crippen molar-refractivity contribution < 1.29 is 4.79 Å². The number of aryl methyl sites for hydroxylation is 2. The zero-order valence-electron chi connectivity index (χ0n) is 21.9. The van der Waals surface area contributed by atoms with Gasteiger partial charge in [0.2, 0.25) is 0 Å². The summed E-state index contributed by atoms with van der Waals surface area (Å²) in [5, 5.41) is 3.90. The van der Waals surface area contributed by atoms with E-state index in [0.29, 0.717) is 16.9 Å². The molecule has 7 heteroatoms. The fraction of sp³-hybridized carbons (Fsp3) is 0.310. The molecular formula is C29H35N5O2. The number of aromatic nitrogens is 2. The normalized spacial score (nSPS) is 11.6. The molecule has 0 aliphatic rings. The van der Waals surface area contributed by atoms with Crippen LogP contribution in [0.2, 0.25) is 0 Å². The highest BCUT2D eigenvalue weighted by Crippen LogP contribution is 2.33. The van der Waals surface area contributed by atoms with Crippen LogP contribution in [0.4, 0.5) is 5.82 Å². The number of carbonyl (C=O) groups excluding carboxylic acids is 1. The number of nitrogens with zero attached hydrogens (tertiary/aromatic N) is 2. The van der Waals surface area contributed by atoms with Crippen LogP contribution < -0.4 is 16.6 Å². The summed E-state index contributed by atoms with van der Waals surface area (Å²) in [6.45, 7) is 9.08. The van der Waals surface area contributed by atoms with E-state index in [1.54, 1.807) is 6.07 Å². The van der Waals surface area contributed by atoms with Gasteiger partial charge in [-0.3, -0.25) is 9.59 Å². The van der Waals surface area contributed by atoms with Crippen molar-refractivity contribution in [1.29, 1.82) is 0 Å². The third-order valence-electron chi connectivity index (χ3n) is 6.49. The lowest BCUT2D eigenvalue weighted by atomic mass is 9.97. The molecule has 0 aliphatic carbocycles. The zero-order valence-corrected chi connectivity index (χ0v) is 21.9. The molecule has 2 aromatic heterocycles. The number of hydrogen-bond acceptors (Lipinski definition) is 4. The quantitative estimate of drug-likeness (QED) is 0.351. The molecule has 1 amide bonds. The largest absolute Gasteiger partial charge is 0.385 e. The molecular weight excluding hydrogens is 450 g/mol. The first kappa shape index (κ1) is 25.3. The van der Waals surface area contributed by atoms with E-state index < -0.39 is 0 Å². The second kappa shape index (κ2) is 10.0. The fourth-order valence-corrected chi connectivity index (χ4v) is 4.80. The smallest absolute Gasteiger partial charge is 0.254 e. The molecule has 4 rings (SSSR count). The molecule has 0 fully saturated rings. The van der Waals surface area contributed by atoms with Crippen molar-refractivity contribution in [1.82, 2.24) is 19.8 Å². The van der Waals surface area contributed by atoms with Crippen molar-refractivity contribution in [3.63, 3.8) is 0 Å². The van der Waals surface area contributed by atoms with E-state index in [1.165, 1.54) is 5.56 Å². The predicted molar refractivity (Wildman–Crippen MR) is 147 cm³/mol. The maximum Gasteiger partial charge on any atom is 0.254 e. The van der Waals surface area contributed by atoms with Gasteiger partial charge in [-0.15, -0.1) is 0 Å². The summed E-state index contributed by atoms with van der Waals surface area (Å²) in [5.74, 6) is 0.0932. The maximum absolute atomic E-state index is 13.6. The molecule has 0 saturated heterocycles. The Hall–Kier alpha value is -3.84. The standard InChI is InChI=1S/C29H35N5O2/c1-17(2)34-15-19(4)27-23(28(35)31-14-24-18(3)10-26(30)32-29(24)36)12-22(13-25(27)34)21-9-7-8-20(11-21)16-33(5)6/h7-13,15,17H,14,16H2,1-6H3,(H,31,35)(H3,30,32,36). The van der Waals surface area contributed by atoms with E-state index in [9.17, 15) is 9.59 Å². The van der Waals surface area contributed by atoms with Crippen molar-refractivity contribution in [2.75, 3.05) is 19.8 Å². The summed E-state index contributed by atoms with van der Waals surface area (Å²) < 4.78 is 2.21. The molecule has 4 N–H and O–H groups in total. The molecule has 0 radical (unpaired) electrons. The van der Waals surface area contributed by atoms with Crippen molar-refractivity contribution in [3.05, 3.63) is 86.8 Å². The number of nitrogens with two attached hydrogens (primary N) is 1. The maximum atomic E-state index is 13.6. The number of amides is 1. The van der Waals surface area contributed by atoms with Crippen LogP contribution in [0.15, 0.2) is 53.5 Å². The molecule has 0 bridgehead atoms. The Balaban J connectivity index is 1.80. The van der Waals surface area contributed by atoms with Crippen molar-refractivity contribution in [2.45, 2.75) is 46.8 Å². The van der Waals surface area contributed by atoms with Crippen LogP contribution >= 0.6 is 0 Å². The lowest BCUT2D eigenvalue weighted by Gasteiger charge is -2.15. The van der Waals surface area contributed by atoms with Crippen LogP contribution in [0.25, 0.3) is 22.0 Å². The Bertz CT molecular complexity index is 1490. The number of H-pyrrole nitrogens is 1. The van der Waals surface area contributed by atoms with Gasteiger partial charge in [0.15, 0.2) is 0 Å². The minimum atomic E-state index is -0.286. The molecule has 2 heterocycles. The van der Waals surface area contributed by atoms with Gasteiger partial charge >= 0.3 is 0 Å². The van der Waals surface area contributed by atoms with Crippen LogP contribution in [0.5, 0.6) is 0 Å². The number of aromatic amines is 1. The van der Waals surface area contributed by atoms with Crippen LogP contribution in [-0.2, 0) is 13.1 Å². The van der Waals surface area contributed by atoms with E-state index >= 15 is 0 Å². The van der Waals surface area contributed by atoms with E-state index in [-0.39, 0.29) is 24.1 Å². The van der Waals surface area contributed by atoms with E-state index in [2.05, 4.69) is 70.1 Å². The summed E-state index contributed by atoms with van der Waals surface area (Å²) >= 11 is 0. The molecule has 0 spiro atoms. The SMILES string of the molecule is Cc1cc(N)[nH]c(=O)c1CNC(=O)c1cc(-c2cccc(CN(C)C)c2)cc2c1c(C)cn2C(C)C. The third-order valence-corrected chi connectivity index (χ3v) is 6.49. The number of pyridine rings is 1. The number of benzene rings is 2. The number of fused-ring (bicyclic) bond motifs is 1. The average molecular weight is 486 g/mol. The first-order valence-corrected chi connectivity index (χ1v) is 12.2. The topological polar surface area (TPSA) is 96.1 Å². The molecule has 4 aromatic rings. The van der Waals surface area contributed by atoms with Crippen molar-refractivity contribution in [2.24, 2.45) is 0 Å². The highest BCUT2D eigenvalue weighted by atomic mass is 16.1.